The smallest absolute Gasteiger partial charge is 0.0303 e. The molecule has 1 atom stereocenters. The lowest BCUT2D eigenvalue weighted by Gasteiger charge is -2.11. The highest BCUT2D eigenvalue weighted by Gasteiger charge is 2.07. The summed E-state index contributed by atoms with van der Waals surface area (Å²) in [5, 5.41) is 0. The predicted molar refractivity (Wildman–Crippen MR) is 64.1 cm³/mol. The zero-order valence-corrected chi connectivity index (χ0v) is 10.6. The van der Waals surface area contributed by atoms with E-state index in [0.717, 1.165) is 10.9 Å². The quantitative estimate of drug-likeness (QED) is 0.820. The normalized spacial score (nSPS) is 13.0. The molecule has 1 nitrogen and oxygen atoms in total. The molecule has 0 unspecified atom stereocenters. The largest absolute Gasteiger partial charge is 0.324 e. The summed E-state index contributed by atoms with van der Waals surface area (Å²) in [5.41, 5.74) is 7.13. The summed E-state index contributed by atoms with van der Waals surface area (Å²) in [6, 6.07) is 6.39. The van der Waals surface area contributed by atoms with E-state index in [-0.39, 0.29) is 6.04 Å². The van der Waals surface area contributed by atoms with Crippen molar-refractivity contribution in [1.29, 1.82) is 0 Å². The second-order valence-corrected chi connectivity index (χ2v) is 4.78. The monoisotopic (exact) mass is 339 g/mol. The Morgan fingerprint density at radius 1 is 1.58 bits per heavy atom. The van der Waals surface area contributed by atoms with Crippen molar-refractivity contribution in [3.63, 3.8) is 0 Å². The summed E-state index contributed by atoms with van der Waals surface area (Å²) < 4.78 is 2.34. The van der Waals surface area contributed by atoms with Gasteiger partial charge in [0, 0.05) is 14.1 Å². The standard InChI is InChI=1S/C9H11BrIN/c1-2-9(12)7-5-6(11)3-4-8(7)10/h3-5,9H,2,12H2,1H3/t9-/m0/s1. The van der Waals surface area contributed by atoms with E-state index in [9.17, 15) is 0 Å². The van der Waals surface area contributed by atoms with Gasteiger partial charge in [0.2, 0.25) is 0 Å². The van der Waals surface area contributed by atoms with Crippen LogP contribution in [0.25, 0.3) is 0 Å². The second kappa shape index (κ2) is 4.58. The summed E-state index contributed by atoms with van der Waals surface area (Å²) in [4.78, 5) is 0. The molecule has 1 aromatic carbocycles. The van der Waals surface area contributed by atoms with E-state index in [4.69, 9.17) is 5.73 Å². The topological polar surface area (TPSA) is 26.0 Å². The van der Waals surface area contributed by atoms with E-state index >= 15 is 0 Å². The van der Waals surface area contributed by atoms with Crippen LogP contribution in [0.4, 0.5) is 0 Å². The Morgan fingerprint density at radius 2 is 2.25 bits per heavy atom. The van der Waals surface area contributed by atoms with Gasteiger partial charge in [-0.2, -0.15) is 0 Å². The third-order valence-corrected chi connectivity index (χ3v) is 3.19. The summed E-state index contributed by atoms with van der Waals surface area (Å²) in [6.45, 7) is 2.09. The molecule has 0 heterocycles. The first-order chi connectivity index (χ1) is 5.65. The van der Waals surface area contributed by atoms with Gasteiger partial charge in [0.15, 0.2) is 0 Å². The Hall–Kier alpha value is 0.390. The molecule has 0 saturated heterocycles. The molecule has 66 valence electrons. The average Bonchev–Trinajstić information content (AvgIpc) is 2.08. The molecular formula is C9H11BrIN. The molecular weight excluding hydrogens is 329 g/mol. The van der Waals surface area contributed by atoms with Crippen molar-refractivity contribution in [2.24, 2.45) is 5.73 Å². The van der Waals surface area contributed by atoms with E-state index in [1.54, 1.807) is 0 Å². The van der Waals surface area contributed by atoms with Gasteiger partial charge in [-0.15, -0.1) is 0 Å². The van der Waals surface area contributed by atoms with Gasteiger partial charge in [0.25, 0.3) is 0 Å². The van der Waals surface area contributed by atoms with Crippen molar-refractivity contribution in [1.82, 2.24) is 0 Å². The first-order valence-electron chi connectivity index (χ1n) is 3.85. The van der Waals surface area contributed by atoms with Gasteiger partial charge >= 0.3 is 0 Å². The molecule has 0 aliphatic heterocycles. The van der Waals surface area contributed by atoms with E-state index in [1.165, 1.54) is 9.13 Å². The fourth-order valence-electron chi connectivity index (χ4n) is 1.02. The van der Waals surface area contributed by atoms with Gasteiger partial charge in [-0.3, -0.25) is 0 Å². The predicted octanol–water partition coefficient (Wildman–Crippen LogP) is 3.46. The van der Waals surface area contributed by atoms with Crippen molar-refractivity contribution < 1.29 is 0 Å². The molecule has 1 rings (SSSR count). The first kappa shape index (κ1) is 10.5. The molecule has 2 N–H and O–H groups in total. The number of hydrogen-bond acceptors (Lipinski definition) is 1. The summed E-state index contributed by atoms with van der Waals surface area (Å²) >= 11 is 5.78. The van der Waals surface area contributed by atoms with E-state index in [1.807, 2.05) is 6.07 Å². The lowest BCUT2D eigenvalue weighted by molar-refractivity contribution is 0.695. The molecule has 0 saturated carbocycles. The Kier molecular flexibility index (Phi) is 3.99. The van der Waals surface area contributed by atoms with Crippen LogP contribution in [0.1, 0.15) is 24.9 Å². The van der Waals surface area contributed by atoms with Crippen LogP contribution in [0.15, 0.2) is 22.7 Å². The number of nitrogens with two attached hydrogens (primary N) is 1. The lowest BCUT2D eigenvalue weighted by Crippen LogP contribution is -2.09. The summed E-state index contributed by atoms with van der Waals surface area (Å²) in [5.74, 6) is 0. The van der Waals surface area contributed by atoms with Crippen molar-refractivity contribution >= 4 is 38.5 Å². The molecule has 0 fully saturated rings. The highest BCUT2D eigenvalue weighted by molar-refractivity contribution is 14.1. The van der Waals surface area contributed by atoms with Gasteiger partial charge < -0.3 is 5.73 Å². The van der Waals surface area contributed by atoms with Gasteiger partial charge in [-0.1, -0.05) is 22.9 Å². The molecule has 0 amide bonds. The Balaban J connectivity index is 3.04. The number of halogens is 2. The highest BCUT2D eigenvalue weighted by atomic mass is 127. The molecule has 0 radical (unpaired) electrons. The molecule has 1 aromatic rings. The van der Waals surface area contributed by atoms with Crippen LogP contribution in [0.3, 0.4) is 0 Å². The van der Waals surface area contributed by atoms with E-state index in [2.05, 4.69) is 57.6 Å². The third-order valence-electron chi connectivity index (χ3n) is 1.80. The Morgan fingerprint density at radius 3 is 2.83 bits per heavy atom. The van der Waals surface area contributed by atoms with Crippen LogP contribution < -0.4 is 5.73 Å². The minimum atomic E-state index is 0.147. The summed E-state index contributed by atoms with van der Waals surface area (Å²) in [7, 11) is 0. The third kappa shape index (κ3) is 2.44. The van der Waals surface area contributed by atoms with Crippen LogP contribution in [0.2, 0.25) is 0 Å². The van der Waals surface area contributed by atoms with Crippen molar-refractivity contribution in [2.45, 2.75) is 19.4 Å². The average molecular weight is 340 g/mol. The fourth-order valence-corrected chi connectivity index (χ4v) is 2.07. The maximum atomic E-state index is 5.93. The summed E-state index contributed by atoms with van der Waals surface area (Å²) in [6.07, 6.45) is 0.971. The molecule has 0 aromatic heterocycles. The van der Waals surface area contributed by atoms with Crippen molar-refractivity contribution in [3.05, 3.63) is 31.8 Å². The molecule has 0 aliphatic rings. The van der Waals surface area contributed by atoms with Gasteiger partial charge in [0.05, 0.1) is 0 Å². The molecule has 0 bridgehead atoms. The van der Waals surface area contributed by atoms with Crippen LogP contribution in [0.5, 0.6) is 0 Å². The fraction of sp³-hybridized carbons (Fsp3) is 0.333. The SMILES string of the molecule is CC[C@H](N)c1cc(I)ccc1Br. The maximum absolute atomic E-state index is 5.93. The first-order valence-corrected chi connectivity index (χ1v) is 5.73. The Bertz CT molecular complexity index is 275. The van der Waals surface area contributed by atoms with E-state index in [0.29, 0.717) is 0 Å². The van der Waals surface area contributed by atoms with Crippen LogP contribution in [0, 0.1) is 3.57 Å². The zero-order valence-electron chi connectivity index (χ0n) is 6.85. The van der Waals surface area contributed by atoms with Gasteiger partial charge in [0.1, 0.15) is 0 Å². The van der Waals surface area contributed by atoms with E-state index < -0.39 is 0 Å². The number of rotatable bonds is 2. The zero-order chi connectivity index (χ0) is 9.14. The Labute approximate surface area is 95.0 Å². The minimum absolute atomic E-state index is 0.147. The lowest BCUT2D eigenvalue weighted by atomic mass is 10.1. The number of hydrogen-bond donors (Lipinski definition) is 1. The molecule has 12 heavy (non-hydrogen) atoms. The molecule has 0 aliphatic carbocycles. The number of benzene rings is 1. The highest BCUT2D eigenvalue weighted by Crippen LogP contribution is 2.25. The molecule has 3 heteroatoms. The van der Waals surface area contributed by atoms with Crippen molar-refractivity contribution in [3.8, 4) is 0 Å². The van der Waals surface area contributed by atoms with Crippen LogP contribution in [-0.4, -0.2) is 0 Å². The van der Waals surface area contributed by atoms with Gasteiger partial charge in [-0.25, -0.2) is 0 Å². The van der Waals surface area contributed by atoms with Crippen molar-refractivity contribution in [2.75, 3.05) is 0 Å². The van der Waals surface area contributed by atoms with Crippen LogP contribution in [-0.2, 0) is 0 Å². The maximum Gasteiger partial charge on any atom is 0.0303 e. The minimum Gasteiger partial charge on any atom is -0.324 e. The van der Waals surface area contributed by atoms with Crippen LogP contribution >= 0.6 is 38.5 Å². The second-order valence-electron chi connectivity index (χ2n) is 2.68. The van der Waals surface area contributed by atoms with Gasteiger partial charge in [-0.05, 0) is 52.8 Å². The molecule has 0 spiro atoms.